The highest BCUT2D eigenvalue weighted by molar-refractivity contribution is 6.32. The first-order chi connectivity index (χ1) is 13.0. The summed E-state index contributed by atoms with van der Waals surface area (Å²) in [5, 5.41) is 0.391. The summed E-state index contributed by atoms with van der Waals surface area (Å²) in [6.07, 6.45) is 0. The summed E-state index contributed by atoms with van der Waals surface area (Å²) in [6, 6.07) is 8.07. The summed E-state index contributed by atoms with van der Waals surface area (Å²) in [4.78, 5) is 23.4. The van der Waals surface area contributed by atoms with Crippen LogP contribution >= 0.6 is 11.6 Å². The van der Waals surface area contributed by atoms with E-state index in [9.17, 15) is 9.59 Å². The number of halogens is 1. The molecule has 27 heavy (non-hydrogen) atoms. The predicted molar refractivity (Wildman–Crippen MR) is 95.9 cm³/mol. The van der Waals surface area contributed by atoms with E-state index in [4.69, 9.17) is 35.3 Å². The molecule has 1 aliphatic rings. The van der Waals surface area contributed by atoms with Gasteiger partial charge >= 0.3 is 5.97 Å². The lowest BCUT2D eigenvalue weighted by Gasteiger charge is -2.11. The Labute approximate surface area is 160 Å². The number of fused-ring (bicyclic) bond motifs is 1. The van der Waals surface area contributed by atoms with Gasteiger partial charge in [-0.15, -0.1) is 0 Å². The maximum absolute atomic E-state index is 12.0. The number of rotatable bonds is 7. The Kier molecular flexibility index (Phi) is 5.71. The molecule has 2 aromatic rings. The van der Waals surface area contributed by atoms with E-state index in [1.165, 1.54) is 14.0 Å². The molecule has 3 rings (SSSR count). The van der Waals surface area contributed by atoms with Crippen molar-refractivity contribution in [3.8, 4) is 23.0 Å². The molecular weight excluding hydrogens is 376 g/mol. The molecule has 142 valence electrons. The highest BCUT2D eigenvalue weighted by Crippen LogP contribution is 2.39. The standard InChI is InChI=1S/C19H17ClO7/c1-11(21)13-3-4-15(16(7-13)23-2)24-9-18(22)25-8-12-5-14(20)19-17(6-12)26-10-27-19/h3-7H,8-10H2,1-2H3. The minimum absolute atomic E-state index is 0.0129. The monoisotopic (exact) mass is 392 g/mol. The molecule has 2 aromatic carbocycles. The topological polar surface area (TPSA) is 80.3 Å². The van der Waals surface area contributed by atoms with E-state index in [2.05, 4.69) is 0 Å². The van der Waals surface area contributed by atoms with Gasteiger partial charge < -0.3 is 23.7 Å². The lowest BCUT2D eigenvalue weighted by Crippen LogP contribution is -2.15. The van der Waals surface area contributed by atoms with Gasteiger partial charge in [-0.3, -0.25) is 4.79 Å². The molecular formula is C19H17ClO7. The molecule has 0 amide bonds. The average Bonchev–Trinajstić information content (AvgIpc) is 3.13. The Morgan fingerprint density at radius 1 is 1.15 bits per heavy atom. The first-order valence-corrected chi connectivity index (χ1v) is 8.41. The highest BCUT2D eigenvalue weighted by Gasteiger charge is 2.19. The molecule has 8 heteroatoms. The van der Waals surface area contributed by atoms with Gasteiger partial charge in [0.25, 0.3) is 0 Å². The van der Waals surface area contributed by atoms with Crippen LogP contribution in [0.5, 0.6) is 23.0 Å². The molecule has 0 saturated carbocycles. The molecule has 0 radical (unpaired) electrons. The van der Waals surface area contributed by atoms with E-state index < -0.39 is 5.97 Å². The quantitative estimate of drug-likeness (QED) is 0.527. The van der Waals surface area contributed by atoms with Gasteiger partial charge in [0.15, 0.2) is 35.4 Å². The third-order valence-electron chi connectivity index (χ3n) is 3.80. The molecule has 0 saturated heterocycles. The van der Waals surface area contributed by atoms with Crippen LogP contribution in [0.4, 0.5) is 0 Å². The van der Waals surface area contributed by atoms with Crippen molar-refractivity contribution in [2.75, 3.05) is 20.5 Å². The van der Waals surface area contributed by atoms with Crippen LogP contribution in [-0.2, 0) is 16.1 Å². The van der Waals surface area contributed by atoms with Gasteiger partial charge in [0.05, 0.1) is 12.1 Å². The molecule has 0 aromatic heterocycles. The first-order valence-electron chi connectivity index (χ1n) is 8.03. The Morgan fingerprint density at radius 2 is 1.96 bits per heavy atom. The van der Waals surface area contributed by atoms with Crippen LogP contribution in [0.3, 0.4) is 0 Å². The number of hydrogen-bond acceptors (Lipinski definition) is 7. The number of carbonyl (C=O) groups is 2. The van der Waals surface area contributed by atoms with Crippen LogP contribution in [-0.4, -0.2) is 32.3 Å². The maximum Gasteiger partial charge on any atom is 0.344 e. The first kappa shape index (κ1) is 18.8. The largest absolute Gasteiger partial charge is 0.493 e. The minimum Gasteiger partial charge on any atom is -0.493 e. The third-order valence-corrected chi connectivity index (χ3v) is 4.08. The summed E-state index contributed by atoms with van der Waals surface area (Å²) in [6.45, 7) is 1.26. The van der Waals surface area contributed by atoms with Crippen LogP contribution in [0.15, 0.2) is 30.3 Å². The molecule has 1 heterocycles. The van der Waals surface area contributed by atoms with Crippen molar-refractivity contribution >= 4 is 23.4 Å². The van der Waals surface area contributed by atoms with Crippen molar-refractivity contribution < 1.29 is 33.3 Å². The SMILES string of the molecule is COc1cc(C(C)=O)ccc1OCC(=O)OCc1cc(Cl)c2c(c1)OCO2. The van der Waals surface area contributed by atoms with E-state index in [1.807, 2.05) is 0 Å². The Morgan fingerprint density at radius 3 is 2.70 bits per heavy atom. The van der Waals surface area contributed by atoms with E-state index in [0.29, 0.717) is 39.1 Å². The van der Waals surface area contributed by atoms with Gasteiger partial charge in [-0.25, -0.2) is 4.79 Å². The molecule has 0 bridgehead atoms. The van der Waals surface area contributed by atoms with Crippen molar-refractivity contribution in [2.45, 2.75) is 13.5 Å². The Bertz CT molecular complexity index is 879. The second kappa shape index (κ2) is 8.18. The zero-order valence-corrected chi connectivity index (χ0v) is 15.5. The molecule has 1 aliphatic heterocycles. The predicted octanol–water partition coefficient (Wildman–Crippen LogP) is 3.40. The number of ether oxygens (including phenoxy) is 5. The zero-order valence-electron chi connectivity index (χ0n) is 14.7. The molecule has 7 nitrogen and oxygen atoms in total. The van der Waals surface area contributed by atoms with Crippen LogP contribution in [0.2, 0.25) is 5.02 Å². The summed E-state index contributed by atoms with van der Waals surface area (Å²) < 4.78 is 26.3. The lowest BCUT2D eigenvalue weighted by molar-refractivity contribution is -0.147. The van der Waals surface area contributed by atoms with Crippen LogP contribution in [0.1, 0.15) is 22.8 Å². The van der Waals surface area contributed by atoms with Crippen molar-refractivity contribution in [3.63, 3.8) is 0 Å². The van der Waals surface area contributed by atoms with Gasteiger partial charge in [0, 0.05) is 5.56 Å². The van der Waals surface area contributed by atoms with E-state index in [0.717, 1.165) is 0 Å². The minimum atomic E-state index is -0.568. The summed E-state index contributed by atoms with van der Waals surface area (Å²) in [5.41, 5.74) is 1.16. The third kappa shape index (κ3) is 4.43. The number of benzene rings is 2. The number of Topliss-reactive ketones (excluding diaryl/α,β-unsaturated/α-hetero) is 1. The fourth-order valence-corrected chi connectivity index (χ4v) is 2.74. The van der Waals surface area contributed by atoms with Crippen LogP contribution in [0, 0.1) is 0 Å². The molecule has 0 spiro atoms. The molecule has 0 N–H and O–H groups in total. The van der Waals surface area contributed by atoms with Crippen molar-refractivity contribution in [2.24, 2.45) is 0 Å². The maximum atomic E-state index is 12.0. The normalized spacial score (nSPS) is 11.8. The molecule has 0 atom stereocenters. The number of ketones is 1. The van der Waals surface area contributed by atoms with Gasteiger partial charge in [0.2, 0.25) is 6.79 Å². The fraction of sp³-hybridized carbons (Fsp3) is 0.263. The smallest absolute Gasteiger partial charge is 0.344 e. The van der Waals surface area contributed by atoms with Crippen molar-refractivity contribution in [1.29, 1.82) is 0 Å². The van der Waals surface area contributed by atoms with Crippen LogP contribution < -0.4 is 18.9 Å². The molecule has 0 unspecified atom stereocenters. The highest BCUT2D eigenvalue weighted by atomic mass is 35.5. The number of esters is 1. The van der Waals surface area contributed by atoms with Gasteiger partial charge in [-0.1, -0.05) is 11.6 Å². The second-order valence-corrected chi connectivity index (χ2v) is 6.09. The molecule has 0 fully saturated rings. The summed E-state index contributed by atoms with van der Waals surface area (Å²) in [5.74, 6) is 1.03. The average molecular weight is 393 g/mol. The number of hydrogen-bond donors (Lipinski definition) is 0. The van der Waals surface area contributed by atoms with E-state index in [-0.39, 0.29) is 25.8 Å². The number of methoxy groups -OCH3 is 1. The van der Waals surface area contributed by atoms with E-state index in [1.54, 1.807) is 30.3 Å². The Balaban J connectivity index is 1.56. The van der Waals surface area contributed by atoms with E-state index >= 15 is 0 Å². The summed E-state index contributed by atoms with van der Waals surface area (Å²) in [7, 11) is 1.45. The van der Waals surface area contributed by atoms with Crippen molar-refractivity contribution in [1.82, 2.24) is 0 Å². The van der Waals surface area contributed by atoms with Crippen molar-refractivity contribution in [3.05, 3.63) is 46.5 Å². The van der Waals surface area contributed by atoms with Gasteiger partial charge in [-0.05, 0) is 42.8 Å². The second-order valence-electron chi connectivity index (χ2n) is 5.68. The summed E-state index contributed by atoms with van der Waals surface area (Å²) >= 11 is 6.09. The fourth-order valence-electron chi connectivity index (χ4n) is 2.45. The van der Waals surface area contributed by atoms with Gasteiger partial charge in [0.1, 0.15) is 6.61 Å². The number of carbonyl (C=O) groups excluding carboxylic acids is 2. The van der Waals surface area contributed by atoms with Gasteiger partial charge in [-0.2, -0.15) is 0 Å². The Hall–Kier alpha value is -2.93. The molecule has 0 aliphatic carbocycles. The lowest BCUT2D eigenvalue weighted by atomic mass is 10.1. The van der Waals surface area contributed by atoms with Crippen LogP contribution in [0.25, 0.3) is 0 Å². The zero-order chi connectivity index (χ0) is 19.4.